The lowest BCUT2D eigenvalue weighted by Gasteiger charge is -2.16. The van der Waals surface area contributed by atoms with Crippen molar-refractivity contribution in [3.63, 3.8) is 0 Å². The summed E-state index contributed by atoms with van der Waals surface area (Å²) in [6, 6.07) is 8.18. The first-order valence-corrected chi connectivity index (χ1v) is 7.62. The van der Waals surface area contributed by atoms with E-state index >= 15 is 0 Å². The highest BCUT2D eigenvalue weighted by Gasteiger charge is 2.50. The zero-order valence-corrected chi connectivity index (χ0v) is 12.5. The van der Waals surface area contributed by atoms with Gasteiger partial charge in [0.05, 0.1) is 5.41 Å². The zero-order chi connectivity index (χ0) is 15.3. The largest absolute Gasteiger partial charge is 0.481 e. The molecule has 4 nitrogen and oxygen atoms in total. The summed E-state index contributed by atoms with van der Waals surface area (Å²) in [6.45, 7) is 2.67. The fourth-order valence-electron chi connectivity index (χ4n) is 2.66. The van der Waals surface area contributed by atoms with Gasteiger partial charge in [-0.05, 0) is 38.2 Å². The Morgan fingerprint density at radius 1 is 1.24 bits per heavy atom. The standard InChI is InChI=1S/C17H23NO3/c1-13-6-5-7-14(12-13)17(9-10-17)16(21)18-11-4-2-3-8-15(19)20/h5-7,12H,2-4,8-11H2,1H3,(H,18,21)(H,19,20). The number of hydrogen-bond acceptors (Lipinski definition) is 2. The van der Waals surface area contributed by atoms with Crippen molar-refractivity contribution < 1.29 is 14.7 Å². The van der Waals surface area contributed by atoms with Crippen LogP contribution in [0.2, 0.25) is 0 Å². The summed E-state index contributed by atoms with van der Waals surface area (Å²) in [5.74, 6) is -0.637. The third kappa shape index (κ3) is 4.06. The summed E-state index contributed by atoms with van der Waals surface area (Å²) < 4.78 is 0. The Morgan fingerprint density at radius 2 is 2.00 bits per heavy atom. The van der Waals surface area contributed by atoms with Crippen molar-refractivity contribution in [2.45, 2.75) is 50.9 Å². The first kappa shape index (κ1) is 15.5. The molecule has 1 fully saturated rings. The summed E-state index contributed by atoms with van der Waals surface area (Å²) in [4.78, 5) is 22.8. The van der Waals surface area contributed by atoms with Gasteiger partial charge in [0.1, 0.15) is 0 Å². The summed E-state index contributed by atoms with van der Waals surface area (Å²) in [5, 5.41) is 11.6. The number of carboxylic acid groups (broad SMARTS) is 1. The lowest BCUT2D eigenvalue weighted by molar-refractivity contribution is -0.137. The summed E-state index contributed by atoms with van der Waals surface area (Å²) in [7, 11) is 0. The molecule has 1 saturated carbocycles. The van der Waals surface area contributed by atoms with Crippen LogP contribution in [-0.2, 0) is 15.0 Å². The van der Waals surface area contributed by atoms with Crippen LogP contribution in [0, 0.1) is 6.92 Å². The van der Waals surface area contributed by atoms with Crippen molar-refractivity contribution >= 4 is 11.9 Å². The third-order valence-corrected chi connectivity index (χ3v) is 4.11. The van der Waals surface area contributed by atoms with E-state index in [0.29, 0.717) is 13.0 Å². The number of carboxylic acids is 1. The highest BCUT2D eigenvalue weighted by molar-refractivity contribution is 5.91. The molecule has 1 aromatic carbocycles. The van der Waals surface area contributed by atoms with Crippen LogP contribution in [0.5, 0.6) is 0 Å². The van der Waals surface area contributed by atoms with Crippen LogP contribution < -0.4 is 5.32 Å². The van der Waals surface area contributed by atoms with E-state index in [9.17, 15) is 9.59 Å². The molecule has 0 radical (unpaired) electrons. The van der Waals surface area contributed by atoms with Gasteiger partial charge in [0.15, 0.2) is 0 Å². The van der Waals surface area contributed by atoms with Gasteiger partial charge >= 0.3 is 5.97 Å². The number of hydrogen-bond donors (Lipinski definition) is 2. The van der Waals surface area contributed by atoms with Gasteiger partial charge < -0.3 is 10.4 Å². The van der Waals surface area contributed by atoms with Crippen LogP contribution >= 0.6 is 0 Å². The second-order valence-corrected chi connectivity index (χ2v) is 5.91. The summed E-state index contributed by atoms with van der Waals surface area (Å²) in [5.41, 5.74) is 1.98. The molecular formula is C17H23NO3. The Bertz CT molecular complexity index is 521. The number of benzene rings is 1. The van der Waals surface area contributed by atoms with E-state index in [1.807, 2.05) is 25.1 Å². The average molecular weight is 289 g/mol. The Hall–Kier alpha value is -1.84. The maximum absolute atomic E-state index is 12.4. The monoisotopic (exact) mass is 289 g/mol. The van der Waals surface area contributed by atoms with Gasteiger partial charge in [-0.3, -0.25) is 9.59 Å². The van der Waals surface area contributed by atoms with Crippen LogP contribution in [0.15, 0.2) is 24.3 Å². The Labute approximate surface area is 125 Å². The number of carbonyl (C=O) groups is 2. The SMILES string of the molecule is Cc1cccc(C2(C(=O)NCCCCCC(=O)O)CC2)c1. The van der Waals surface area contributed by atoms with Crippen LogP contribution in [0.25, 0.3) is 0 Å². The van der Waals surface area contributed by atoms with Crippen LogP contribution in [0.1, 0.15) is 49.7 Å². The number of carbonyl (C=O) groups excluding carboxylic acids is 1. The highest BCUT2D eigenvalue weighted by atomic mass is 16.4. The molecule has 4 heteroatoms. The van der Waals surface area contributed by atoms with E-state index < -0.39 is 5.97 Å². The molecule has 0 saturated heterocycles. The third-order valence-electron chi connectivity index (χ3n) is 4.11. The zero-order valence-electron chi connectivity index (χ0n) is 12.5. The normalized spacial score (nSPS) is 15.5. The van der Waals surface area contributed by atoms with E-state index in [4.69, 9.17) is 5.11 Å². The van der Waals surface area contributed by atoms with Gasteiger partial charge in [0, 0.05) is 13.0 Å². The van der Waals surface area contributed by atoms with Gasteiger partial charge in [-0.25, -0.2) is 0 Å². The lowest BCUT2D eigenvalue weighted by Crippen LogP contribution is -2.35. The molecule has 0 heterocycles. The fourth-order valence-corrected chi connectivity index (χ4v) is 2.66. The number of nitrogens with one attached hydrogen (secondary N) is 1. The molecular weight excluding hydrogens is 266 g/mol. The van der Waals surface area contributed by atoms with E-state index in [-0.39, 0.29) is 17.7 Å². The molecule has 0 aliphatic heterocycles. The predicted octanol–water partition coefficient (Wildman–Crippen LogP) is 2.79. The Kier molecular flexibility index (Phi) is 4.99. The van der Waals surface area contributed by atoms with Gasteiger partial charge in [0.2, 0.25) is 5.91 Å². The molecule has 0 atom stereocenters. The van der Waals surface area contributed by atoms with E-state index in [1.54, 1.807) is 0 Å². The van der Waals surface area contributed by atoms with Crippen LogP contribution in [0.3, 0.4) is 0 Å². The summed E-state index contributed by atoms with van der Waals surface area (Å²) >= 11 is 0. The molecule has 1 aromatic rings. The number of aryl methyl sites for hydroxylation is 1. The summed E-state index contributed by atoms with van der Waals surface area (Å²) in [6.07, 6.45) is 4.39. The van der Waals surface area contributed by atoms with Gasteiger partial charge in [-0.2, -0.15) is 0 Å². The topological polar surface area (TPSA) is 66.4 Å². The number of aliphatic carboxylic acids is 1. The molecule has 1 aliphatic rings. The Balaban J connectivity index is 1.77. The molecule has 0 aromatic heterocycles. The predicted molar refractivity (Wildman–Crippen MR) is 81.2 cm³/mol. The lowest BCUT2D eigenvalue weighted by atomic mass is 9.93. The van der Waals surface area contributed by atoms with Crippen molar-refractivity contribution in [2.75, 3.05) is 6.54 Å². The molecule has 1 aliphatic carbocycles. The molecule has 2 N–H and O–H groups in total. The quantitative estimate of drug-likeness (QED) is 0.723. The minimum Gasteiger partial charge on any atom is -0.481 e. The van der Waals surface area contributed by atoms with Gasteiger partial charge in [-0.1, -0.05) is 36.2 Å². The first-order chi connectivity index (χ1) is 10.0. The second-order valence-electron chi connectivity index (χ2n) is 5.91. The fraction of sp³-hybridized carbons (Fsp3) is 0.529. The van der Waals surface area contributed by atoms with Gasteiger partial charge in [-0.15, -0.1) is 0 Å². The second kappa shape index (κ2) is 6.74. The minimum absolute atomic E-state index is 0.117. The van der Waals surface area contributed by atoms with Crippen molar-refractivity contribution in [1.82, 2.24) is 5.32 Å². The maximum atomic E-state index is 12.4. The highest BCUT2D eigenvalue weighted by Crippen LogP contribution is 2.48. The van der Waals surface area contributed by atoms with Crippen molar-refractivity contribution in [2.24, 2.45) is 0 Å². The van der Waals surface area contributed by atoms with Crippen LogP contribution in [-0.4, -0.2) is 23.5 Å². The van der Waals surface area contributed by atoms with E-state index in [2.05, 4.69) is 11.4 Å². The maximum Gasteiger partial charge on any atom is 0.303 e. The molecule has 2 rings (SSSR count). The molecule has 21 heavy (non-hydrogen) atoms. The van der Waals surface area contributed by atoms with Crippen molar-refractivity contribution in [1.29, 1.82) is 0 Å². The molecule has 114 valence electrons. The number of amides is 1. The minimum atomic E-state index is -0.754. The molecule has 1 amide bonds. The Morgan fingerprint density at radius 3 is 2.62 bits per heavy atom. The van der Waals surface area contributed by atoms with E-state index in [1.165, 1.54) is 5.56 Å². The van der Waals surface area contributed by atoms with Gasteiger partial charge in [0.25, 0.3) is 0 Å². The smallest absolute Gasteiger partial charge is 0.303 e. The number of unbranched alkanes of at least 4 members (excludes halogenated alkanes) is 2. The number of rotatable bonds is 8. The van der Waals surface area contributed by atoms with E-state index in [0.717, 1.165) is 31.2 Å². The average Bonchev–Trinajstić information content (AvgIpc) is 3.24. The molecule has 0 spiro atoms. The first-order valence-electron chi connectivity index (χ1n) is 7.62. The molecule has 0 unspecified atom stereocenters. The van der Waals surface area contributed by atoms with Crippen LogP contribution in [0.4, 0.5) is 0 Å². The molecule has 0 bridgehead atoms. The van der Waals surface area contributed by atoms with Crippen molar-refractivity contribution in [3.8, 4) is 0 Å². The van der Waals surface area contributed by atoms with Crippen molar-refractivity contribution in [3.05, 3.63) is 35.4 Å².